The number of esters is 1. The first-order valence-electron chi connectivity index (χ1n) is 35.1. The van der Waals surface area contributed by atoms with Gasteiger partial charge in [-0.2, -0.15) is 0 Å². The standard InChI is InChI=1S/C71H137NO5/c1-3-5-7-9-11-13-15-17-19-20-21-29-32-36-39-43-47-51-55-59-63-69(74)68(67-73)72-70(75)64-60-56-52-48-44-40-37-33-30-27-25-23-22-24-26-28-31-34-38-42-46-50-54-58-62-66-77-71(76)65-61-57-53-49-45-41-35-18-16-14-12-10-8-6-4-2/h23,25,59,63,68-69,73-74H,3-22,24,26-58,60-62,64-67H2,1-2H3,(H,72,75)/b25-23-,63-59+. The Balaban J connectivity index is 3.41. The second-order valence-corrected chi connectivity index (χ2v) is 24.2. The van der Waals surface area contributed by atoms with E-state index in [-0.39, 0.29) is 18.5 Å². The van der Waals surface area contributed by atoms with E-state index < -0.39 is 12.1 Å². The SMILES string of the molecule is CCCCCCCCCCCCCCCCCCCC/C=C/C(O)C(CO)NC(=O)CCCCCCCCCCC/C=C\CCCCCCCCCCCCCCOC(=O)CCCCCCCCCCCCCCCCC. The van der Waals surface area contributed by atoms with Gasteiger partial charge in [-0.15, -0.1) is 0 Å². The molecule has 0 aromatic rings. The summed E-state index contributed by atoms with van der Waals surface area (Å²) in [7, 11) is 0. The first-order valence-corrected chi connectivity index (χ1v) is 35.1. The molecule has 0 fully saturated rings. The predicted molar refractivity (Wildman–Crippen MR) is 338 cm³/mol. The molecule has 0 aliphatic carbocycles. The molecule has 0 rings (SSSR count). The molecule has 1 amide bonds. The van der Waals surface area contributed by atoms with E-state index in [0.29, 0.717) is 19.4 Å². The summed E-state index contributed by atoms with van der Waals surface area (Å²) in [6.07, 6.45) is 83.9. The number of aliphatic hydroxyl groups excluding tert-OH is 2. The van der Waals surface area contributed by atoms with Gasteiger partial charge in [-0.3, -0.25) is 9.59 Å². The number of hydrogen-bond donors (Lipinski definition) is 3. The zero-order chi connectivity index (χ0) is 55.7. The lowest BCUT2D eigenvalue weighted by Crippen LogP contribution is -2.45. The van der Waals surface area contributed by atoms with E-state index in [1.807, 2.05) is 6.08 Å². The number of hydrogen-bond acceptors (Lipinski definition) is 5. The molecule has 0 aliphatic heterocycles. The number of carbonyl (C=O) groups excluding carboxylic acids is 2. The third-order valence-corrected chi connectivity index (χ3v) is 16.5. The Morgan fingerprint density at radius 2 is 0.610 bits per heavy atom. The number of allylic oxidation sites excluding steroid dienone is 3. The van der Waals surface area contributed by atoms with Crippen molar-refractivity contribution in [2.45, 2.75) is 405 Å². The topological polar surface area (TPSA) is 95.9 Å². The maximum atomic E-state index is 12.5. The Labute approximate surface area is 481 Å². The first kappa shape index (κ1) is 75.3. The molecule has 6 heteroatoms. The maximum absolute atomic E-state index is 12.5. The normalized spacial score (nSPS) is 12.6. The summed E-state index contributed by atoms with van der Waals surface area (Å²) in [5.74, 6) is -0.0506. The van der Waals surface area contributed by atoms with Crippen molar-refractivity contribution < 1.29 is 24.5 Å². The van der Waals surface area contributed by atoms with Crippen molar-refractivity contribution in [3.05, 3.63) is 24.3 Å². The van der Waals surface area contributed by atoms with Crippen LogP contribution < -0.4 is 5.32 Å². The van der Waals surface area contributed by atoms with Crippen LogP contribution in [-0.2, 0) is 14.3 Å². The average molecular weight is 1080 g/mol. The van der Waals surface area contributed by atoms with E-state index in [4.69, 9.17) is 4.74 Å². The zero-order valence-electron chi connectivity index (χ0n) is 52.2. The van der Waals surface area contributed by atoms with E-state index >= 15 is 0 Å². The van der Waals surface area contributed by atoms with Gasteiger partial charge in [0.05, 0.1) is 25.4 Å². The molecule has 0 aliphatic rings. The summed E-state index contributed by atoms with van der Waals surface area (Å²) >= 11 is 0. The smallest absolute Gasteiger partial charge is 0.305 e. The van der Waals surface area contributed by atoms with Crippen molar-refractivity contribution in [3.8, 4) is 0 Å². The van der Waals surface area contributed by atoms with Gasteiger partial charge in [0.15, 0.2) is 0 Å². The van der Waals surface area contributed by atoms with Crippen molar-refractivity contribution in [3.63, 3.8) is 0 Å². The Morgan fingerprint density at radius 1 is 0.351 bits per heavy atom. The van der Waals surface area contributed by atoms with Gasteiger partial charge in [-0.1, -0.05) is 346 Å². The molecular formula is C71H137NO5. The summed E-state index contributed by atoms with van der Waals surface area (Å²) in [5.41, 5.74) is 0. The summed E-state index contributed by atoms with van der Waals surface area (Å²) in [6, 6.07) is -0.631. The molecule has 2 atom stereocenters. The minimum absolute atomic E-state index is 0.0167. The van der Waals surface area contributed by atoms with E-state index in [2.05, 4.69) is 31.3 Å². The van der Waals surface area contributed by atoms with Crippen molar-refractivity contribution in [2.75, 3.05) is 13.2 Å². The molecule has 0 radical (unpaired) electrons. The molecule has 0 heterocycles. The summed E-state index contributed by atoms with van der Waals surface area (Å²) < 4.78 is 5.50. The van der Waals surface area contributed by atoms with E-state index in [1.54, 1.807) is 6.08 Å². The molecular weight excluding hydrogens is 947 g/mol. The second kappa shape index (κ2) is 66.8. The highest BCUT2D eigenvalue weighted by Gasteiger charge is 2.18. The van der Waals surface area contributed by atoms with Gasteiger partial charge >= 0.3 is 5.97 Å². The first-order chi connectivity index (χ1) is 38.0. The molecule has 0 aromatic heterocycles. The fourth-order valence-electron chi connectivity index (χ4n) is 11.1. The van der Waals surface area contributed by atoms with Crippen molar-refractivity contribution >= 4 is 11.9 Å². The molecule has 6 nitrogen and oxygen atoms in total. The zero-order valence-corrected chi connectivity index (χ0v) is 52.2. The van der Waals surface area contributed by atoms with Crippen LogP contribution in [0.15, 0.2) is 24.3 Å². The lowest BCUT2D eigenvalue weighted by molar-refractivity contribution is -0.143. The summed E-state index contributed by atoms with van der Waals surface area (Å²) in [4.78, 5) is 24.6. The monoisotopic (exact) mass is 1080 g/mol. The van der Waals surface area contributed by atoms with Crippen molar-refractivity contribution in [1.29, 1.82) is 0 Å². The highest BCUT2D eigenvalue weighted by Crippen LogP contribution is 2.19. The number of amides is 1. The molecule has 77 heavy (non-hydrogen) atoms. The molecule has 0 spiro atoms. The van der Waals surface area contributed by atoms with E-state index in [0.717, 1.165) is 38.5 Å². The van der Waals surface area contributed by atoms with Crippen LogP contribution in [-0.4, -0.2) is 47.4 Å². The minimum atomic E-state index is -0.847. The van der Waals surface area contributed by atoms with Gasteiger partial charge < -0.3 is 20.3 Å². The summed E-state index contributed by atoms with van der Waals surface area (Å²) in [5, 5.41) is 23.2. The third-order valence-electron chi connectivity index (χ3n) is 16.5. The largest absolute Gasteiger partial charge is 0.466 e. The summed E-state index contributed by atoms with van der Waals surface area (Å²) in [6.45, 7) is 4.94. The van der Waals surface area contributed by atoms with Gasteiger partial charge in [0.2, 0.25) is 5.91 Å². The molecule has 0 bridgehead atoms. The van der Waals surface area contributed by atoms with Crippen molar-refractivity contribution in [1.82, 2.24) is 5.32 Å². The van der Waals surface area contributed by atoms with Crippen LogP contribution in [0.1, 0.15) is 393 Å². The van der Waals surface area contributed by atoms with Crippen LogP contribution in [0.5, 0.6) is 0 Å². The van der Waals surface area contributed by atoms with Crippen molar-refractivity contribution in [2.24, 2.45) is 0 Å². The Morgan fingerprint density at radius 3 is 0.922 bits per heavy atom. The van der Waals surface area contributed by atoms with Crippen LogP contribution in [0, 0.1) is 0 Å². The number of aliphatic hydroxyl groups is 2. The number of nitrogens with one attached hydrogen (secondary N) is 1. The van der Waals surface area contributed by atoms with Gasteiger partial charge in [0.25, 0.3) is 0 Å². The quantitative estimate of drug-likeness (QED) is 0.0320. The van der Waals surface area contributed by atoms with Crippen LogP contribution in [0.4, 0.5) is 0 Å². The highest BCUT2D eigenvalue weighted by molar-refractivity contribution is 5.76. The number of rotatable bonds is 66. The van der Waals surface area contributed by atoms with Gasteiger partial charge in [0.1, 0.15) is 0 Å². The number of unbranched alkanes of at least 4 members (excludes halogenated alkanes) is 53. The molecule has 0 saturated heterocycles. The van der Waals surface area contributed by atoms with E-state index in [1.165, 1.54) is 327 Å². The molecule has 456 valence electrons. The van der Waals surface area contributed by atoms with Gasteiger partial charge in [-0.25, -0.2) is 0 Å². The molecule has 0 saturated carbocycles. The number of ether oxygens (including phenoxy) is 1. The van der Waals surface area contributed by atoms with Crippen LogP contribution in [0.25, 0.3) is 0 Å². The lowest BCUT2D eigenvalue weighted by Gasteiger charge is -2.20. The van der Waals surface area contributed by atoms with Crippen LogP contribution >= 0.6 is 0 Å². The molecule has 3 N–H and O–H groups in total. The Hall–Kier alpha value is -1.66. The van der Waals surface area contributed by atoms with Crippen LogP contribution in [0.2, 0.25) is 0 Å². The maximum Gasteiger partial charge on any atom is 0.305 e. The Kier molecular flexibility index (Phi) is 65.4. The molecule has 0 aromatic carbocycles. The molecule has 2 unspecified atom stereocenters. The van der Waals surface area contributed by atoms with Gasteiger partial charge in [-0.05, 0) is 57.8 Å². The highest BCUT2D eigenvalue weighted by atomic mass is 16.5. The lowest BCUT2D eigenvalue weighted by atomic mass is 10.0. The number of carbonyl (C=O) groups is 2. The van der Waals surface area contributed by atoms with Crippen LogP contribution in [0.3, 0.4) is 0 Å². The average Bonchev–Trinajstić information content (AvgIpc) is 3.43. The third kappa shape index (κ3) is 63.4. The van der Waals surface area contributed by atoms with E-state index in [9.17, 15) is 19.8 Å². The Bertz CT molecular complexity index is 1200. The minimum Gasteiger partial charge on any atom is -0.466 e. The fraction of sp³-hybridized carbons (Fsp3) is 0.915. The fourth-order valence-corrected chi connectivity index (χ4v) is 11.1. The second-order valence-electron chi connectivity index (χ2n) is 24.2. The predicted octanol–water partition coefficient (Wildman–Crippen LogP) is 22.5. The van der Waals surface area contributed by atoms with Gasteiger partial charge in [0, 0.05) is 12.8 Å².